The summed E-state index contributed by atoms with van der Waals surface area (Å²) in [6.07, 6.45) is 6.49. The van der Waals surface area contributed by atoms with Gasteiger partial charge in [0.25, 0.3) is 0 Å². The van der Waals surface area contributed by atoms with Crippen molar-refractivity contribution in [1.82, 2.24) is 4.98 Å². The first kappa shape index (κ1) is 9.39. The van der Waals surface area contributed by atoms with E-state index in [-0.39, 0.29) is 0 Å². The van der Waals surface area contributed by atoms with Crippen molar-refractivity contribution in [3.05, 3.63) is 33.9 Å². The average molecular weight is 298 g/mol. The third-order valence-electron chi connectivity index (χ3n) is 1.92. The molecule has 1 N–H and O–H groups in total. The van der Waals surface area contributed by atoms with Gasteiger partial charge in [0.05, 0.1) is 6.20 Å². The zero-order valence-corrected chi connectivity index (χ0v) is 9.36. The number of furan rings is 1. The number of pyridine rings is 1. The molecule has 0 amide bonds. The van der Waals surface area contributed by atoms with E-state index in [0.29, 0.717) is 5.76 Å². The predicted molar refractivity (Wildman–Crippen MR) is 64.9 cm³/mol. The molecule has 0 unspecified atom stereocenters. The monoisotopic (exact) mass is 298 g/mol. The highest BCUT2D eigenvalue weighted by Gasteiger charge is 2.08. The second-order valence-electron chi connectivity index (χ2n) is 2.69. The number of aromatic nitrogens is 1. The Hall–Kier alpha value is -1.17. The third-order valence-corrected chi connectivity index (χ3v) is 2.28. The SMILES string of the molecule is N=Cc1c(/C=C\I)oc2cnccc12. The minimum atomic E-state index is 0.706. The highest BCUT2D eigenvalue weighted by Crippen LogP contribution is 2.24. The topological polar surface area (TPSA) is 49.9 Å². The van der Waals surface area contributed by atoms with Crippen LogP contribution in [0.1, 0.15) is 11.3 Å². The van der Waals surface area contributed by atoms with E-state index in [1.807, 2.05) is 16.2 Å². The highest BCUT2D eigenvalue weighted by atomic mass is 127. The van der Waals surface area contributed by atoms with E-state index in [0.717, 1.165) is 16.5 Å². The summed E-state index contributed by atoms with van der Waals surface area (Å²) in [5.74, 6) is 0.706. The van der Waals surface area contributed by atoms with Gasteiger partial charge in [-0.2, -0.15) is 0 Å². The van der Waals surface area contributed by atoms with Gasteiger partial charge >= 0.3 is 0 Å². The first-order valence-electron chi connectivity index (χ1n) is 4.00. The minimum absolute atomic E-state index is 0.706. The van der Waals surface area contributed by atoms with Crippen molar-refractivity contribution in [2.24, 2.45) is 0 Å². The van der Waals surface area contributed by atoms with Crippen molar-refractivity contribution in [2.75, 3.05) is 0 Å². The van der Waals surface area contributed by atoms with Crippen LogP contribution in [0.3, 0.4) is 0 Å². The van der Waals surface area contributed by atoms with Crippen molar-refractivity contribution in [3.63, 3.8) is 0 Å². The van der Waals surface area contributed by atoms with Crippen LogP contribution in [-0.2, 0) is 0 Å². The molecule has 2 rings (SSSR count). The van der Waals surface area contributed by atoms with E-state index in [1.54, 1.807) is 12.4 Å². The van der Waals surface area contributed by atoms with Crippen LogP contribution in [0.5, 0.6) is 0 Å². The standard InChI is InChI=1S/C10H7IN2O/c11-3-1-9-8(5-12)7-2-4-13-6-10(7)14-9/h1-6,12H/b3-1-,12-5?. The Kier molecular flexibility index (Phi) is 2.62. The predicted octanol–water partition coefficient (Wildman–Crippen LogP) is 3.23. The van der Waals surface area contributed by atoms with E-state index in [2.05, 4.69) is 27.6 Å². The lowest BCUT2D eigenvalue weighted by atomic mass is 10.2. The van der Waals surface area contributed by atoms with Gasteiger partial charge in [0.1, 0.15) is 5.76 Å². The van der Waals surface area contributed by atoms with Gasteiger partial charge in [-0.25, -0.2) is 0 Å². The first-order valence-corrected chi connectivity index (χ1v) is 5.25. The highest BCUT2D eigenvalue weighted by molar-refractivity contribution is 14.1. The molecule has 0 radical (unpaired) electrons. The molecular formula is C10H7IN2O. The summed E-state index contributed by atoms with van der Waals surface area (Å²) >= 11 is 2.12. The summed E-state index contributed by atoms with van der Waals surface area (Å²) in [4.78, 5) is 3.97. The van der Waals surface area contributed by atoms with Gasteiger partial charge in [-0.05, 0) is 16.2 Å². The van der Waals surface area contributed by atoms with Crippen LogP contribution in [0.2, 0.25) is 0 Å². The zero-order valence-electron chi connectivity index (χ0n) is 7.20. The molecule has 0 aliphatic carbocycles. The van der Waals surface area contributed by atoms with Gasteiger partial charge in [0.2, 0.25) is 0 Å². The van der Waals surface area contributed by atoms with Gasteiger partial charge < -0.3 is 9.83 Å². The fourth-order valence-corrected chi connectivity index (χ4v) is 1.65. The van der Waals surface area contributed by atoms with Crippen molar-refractivity contribution < 1.29 is 4.42 Å². The molecular weight excluding hydrogens is 291 g/mol. The van der Waals surface area contributed by atoms with Crippen LogP contribution < -0.4 is 0 Å². The average Bonchev–Trinajstić information content (AvgIpc) is 2.55. The molecule has 70 valence electrons. The minimum Gasteiger partial charge on any atom is -0.454 e. The summed E-state index contributed by atoms with van der Waals surface area (Å²) < 4.78 is 7.38. The normalized spacial score (nSPS) is 11.2. The van der Waals surface area contributed by atoms with Gasteiger partial charge in [-0.15, -0.1) is 0 Å². The first-order chi connectivity index (χ1) is 6.86. The molecule has 4 heteroatoms. The lowest BCUT2D eigenvalue weighted by molar-refractivity contribution is 0.602. The van der Waals surface area contributed by atoms with Crippen molar-refractivity contribution in [3.8, 4) is 0 Å². The molecule has 0 aliphatic heterocycles. The molecule has 0 aliphatic rings. The second kappa shape index (κ2) is 3.91. The molecule has 0 atom stereocenters. The molecule has 14 heavy (non-hydrogen) atoms. The molecule has 2 aromatic heterocycles. The Bertz CT molecular complexity index is 502. The Labute approximate surface area is 94.5 Å². The lowest BCUT2D eigenvalue weighted by Crippen LogP contribution is -1.79. The Morgan fingerprint density at radius 2 is 2.36 bits per heavy atom. The van der Waals surface area contributed by atoms with Crippen LogP contribution >= 0.6 is 22.6 Å². The number of rotatable bonds is 2. The van der Waals surface area contributed by atoms with E-state index in [9.17, 15) is 0 Å². The zero-order chi connectivity index (χ0) is 9.97. The number of halogens is 1. The van der Waals surface area contributed by atoms with Crippen LogP contribution in [0.25, 0.3) is 17.0 Å². The number of hydrogen-bond acceptors (Lipinski definition) is 3. The van der Waals surface area contributed by atoms with Crippen molar-refractivity contribution in [2.45, 2.75) is 0 Å². The molecule has 0 saturated carbocycles. The van der Waals surface area contributed by atoms with Crippen LogP contribution in [0.4, 0.5) is 0 Å². The van der Waals surface area contributed by atoms with E-state index < -0.39 is 0 Å². The van der Waals surface area contributed by atoms with Gasteiger partial charge in [0.15, 0.2) is 5.58 Å². The number of nitrogens with zero attached hydrogens (tertiary/aromatic N) is 1. The maximum absolute atomic E-state index is 7.32. The molecule has 0 saturated heterocycles. The maximum Gasteiger partial charge on any atom is 0.153 e. The maximum atomic E-state index is 7.32. The Morgan fingerprint density at radius 1 is 1.50 bits per heavy atom. The summed E-state index contributed by atoms with van der Waals surface area (Å²) in [6.45, 7) is 0. The lowest BCUT2D eigenvalue weighted by Gasteiger charge is -1.87. The van der Waals surface area contributed by atoms with E-state index >= 15 is 0 Å². The van der Waals surface area contributed by atoms with Crippen LogP contribution in [-0.4, -0.2) is 11.2 Å². The van der Waals surface area contributed by atoms with Gasteiger partial charge in [-0.1, -0.05) is 22.6 Å². The summed E-state index contributed by atoms with van der Waals surface area (Å²) in [5.41, 5.74) is 1.52. The fraction of sp³-hybridized carbons (Fsp3) is 0. The molecule has 2 aromatic rings. The molecule has 0 spiro atoms. The fourth-order valence-electron chi connectivity index (χ4n) is 1.32. The van der Waals surface area contributed by atoms with Crippen molar-refractivity contribution in [1.29, 1.82) is 5.41 Å². The Morgan fingerprint density at radius 3 is 3.07 bits per heavy atom. The van der Waals surface area contributed by atoms with Crippen LogP contribution in [0, 0.1) is 5.41 Å². The number of nitrogens with one attached hydrogen (secondary N) is 1. The van der Waals surface area contributed by atoms with Crippen molar-refractivity contribution >= 4 is 45.9 Å². The molecule has 0 fully saturated rings. The molecule has 2 heterocycles. The molecule has 0 aromatic carbocycles. The number of fused-ring (bicyclic) bond motifs is 1. The Balaban J connectivity index is 2.78. The quantitative estimate of drug-likeness (QED) is 0.683. The van der Waals surface area contributed by atoms with E-state index in [1.165, 1.54) is 6.21 Å². The second-order valence-corrected chi connectivity index (χ2v) is 3.41. The van der Waals surface area contributed by atoms with Gasteiger partial charge in [-0.3, -0.25) is 4.98 Å². The summed E-state index contributed by atoms with van der Waals surface area (Å²) in [6, 6.07) is 1.85. The summed E-state index contributed by atoms with van der Waals surface area (Å²) in [7, 11) is 0. The van der Waals surface area contributed by atoms with E-state index in [4.69, 9.17) is 9.83 Å². The number of hydrogen-bond donors (Lipinski definition) is 1. The largest absolute Gasteiger partial charge is 0.454 e. The molecule has 0 bridgehead atoms. The third kappa shape index (κ3) is 1.45. The van der Waals surface area contributed by atoms with Gasteiger partial charge in [0, 0.05) is 23.4 Å². The summed E-state index contributed by atoms with van der Waals surface area (Å²) in [5, 5.41) is 8.25. The smallest absolute Gasteiger partial charge is 0.153 e. The van der Waals surface area contributed by atoms with Crippen LogP contribution in [0.15, 0.2) is 27.0 Å². The molecule has 3 nitrogen and oxygen atoms in total.